The van der Waals surface area contributed by atoms with E-state index in [0.29, 0.717) is 6.07 Å². The van der Waals surface area contributed by atoms with Gasteiger partial charge in [0.25, 0.3) is 11.6 Å². The first-order valence-corrected chi connectivity index (χ1v) is 9.32. The summed E-state index contributed by atoms with van der Waals surface area (Å²) in [7, 11) is -3.94. The molecule has 0 spiro atoms. The molecule has 0 aromatic heterocycles. The maximum atomic E-state index is 13.1. The fourth-order valence-electron chi connectivity index (χ4n) is 2.36. The van der Waals surface area contributed by atoms with Crippen LogP contribution in [0.5, 0.6) is 0 Å². The maximum absolute atomic E-state index is 13.1. The summed E-state index contributed by atoms with van der Waals surface area (Å²) < 4.78 is 75.1. The molecule has 7 nitrogen and oxygen atoms in total. The molecule has 0 aliphatic heterocycles. The third-order valence-electron chi connectivity index (χ3n) is 3.63. The zero-order chi connectivity index (χ0) is 21.3. The molecule has 2 rings (SSSR count). The number of alkyl halides is 3. The molecule has 0 saturated heterocycles. The van der Waals surface area contributed by atoms with Crippen molar-refractivity contribution in [3.63, 3.8) is 0 Å². The molecule has 0 radical (unpaired) electrons. The first kappa shape index (κ1) is 21.3. The van der Waals surface area contributed by atoms with Crippen LogP contribution in [0, 0.1) is 15.9 Å². The number of nitrogens with zero attached hydrogens (tertiary/aromatic N) is 1. The van der Waals surface area contributed by atoms with E-state index in [-0.39, 0.29) is 11.6 Å². The van der Waals surface area contributed by atoms with Gasteiger partial charge in [-0.25, -0.2) is 12.8 Å². The van der Waals surface area contributed by atoms with Crippen LogP contribution in [0.2, 0.25) is 0 Å². The van der Waals surface area contributed by atoms with Crippen molar-refractivity contribution in [1.82, 2.24) is 5.32 Å². The van der Waals surface area contributed by atoms with Gasteiger partial charge < -0.3 is 5.32 Å². The predicted molar refractivity (Wildman–Crippen MR) is 88.8 cm³/mol. The van der Waals surface area contributed by atoms with E-state index in [1.807, 2.05) is 0 Å². The van der Waals surface area contributed by atoms with Crippen LogP contribution in [0.3, 0.4) is 0 Å². The molecule has 28 heavy (non-hydrogen) atoms. The van der Waals surface area contributed by atoms with E-state index in [0.717, 1.165) is 30.5 Å². The van der Waals surface area contributed by atoms with Crippen molar-refractivity contribution in [2.45, 2.75) is 17.6 Å². The number of nitrogens with one attached hydrogen (secondary N) is 1. The van der Waals surface area contributed by atoms with Crippen LogP contribution in [0.25, 0.3) is 0 Å². The van der Waals surface area contributed by atoms with E-state index in [4.69, 9.17) is 0 Å². The summed E-state index contributed by atoms with van der Waals surface area (Å²) in [5.41, 5.74) is -2.85. The minimum atomic E-state index is -4.85. The number of nitro benzene ring substituents is 1. The number of rotatable bonds is 5. The number of hydrogen-bond donors (Lipinski definition) is 1. The van der Waals surface area contributed by atoms with Crippen LogP contribution in [-0.4, -0.2) is 25.5 Å². The van der Waals surface area contributed by atoms with Gasteiger partial charge in [-0.15, -0.1) is 0 Å². The lowest BCUT2D eigenvalue weighted by Gasteiger charge is -2.13. The summed E-state index contributed by atoms with van der Waals surface area (Å²) >= 11 is 0. The third-order valence-corrected chi connectivity index (χ3v) is 4.78. The molecule has 0 aliphatic rings. The summed E-state index contributed by atoms with van der Waals surface area (Å²) in [5, 5.41) is 13.2. The lowest BCUT2D eigenvalue weighted by molar-refractivity contribution is -0.387. The largest absolute Gasteiger partial charge is 0.416 e. The molecule has 0 unspecified atom stereocenters. The quantitative estimate of drug-likeness (QED) is 0.455. The van der Waals surface area contributed by atoms with Gasteiger partial charge >= 0.3 is 6.18 Å². The van der Waals surface area contributed by atoms with Crippen molar-refractivity contribution in [3.05, 3.63) is 69.0 Å². The van der Waals surface area contributed by atoms with E-state index < -0.39 is 60.9 Å². The highest BCUT2D eigenvalue weighted by Gasteiger charge is 2.33. The van der Waals surface area contributed by atoms with Gasteiger partial charge in [0.05, 0.1) is 10.5 Å². The van der Waals surface area contributed by atoms with Crippen molar-refractivity contribution >= 4 is 21.4 Å². The van der Waals surface area contributed by atoms with E-state index >= 15 is 0 Å². The van der Waals surface area contributed by atoms with E-state index in [1.54, 1.807) is 0 Å². The van der Waals surface area contributed by atoms with Gasteiger partial charge in [-0.1, -0.05) is 6.07 Å². The molecule has 2 aromatic rings. The second-order valence-corrected chi connectivity index (χ2v) is 7.68. The summed E-state index contributed by atoms with van der Waals surface area (Å²) in [6.45, 7) is -0.629. The molecule has 2 aromatic carbocycles. The van der Waals surface area contributed by atoms with Gasteiger partial charge in [-0.2, -0.15) is 13.2 Å². The van der Waals surface area contributed by atoms with Crippen molar-refractivity contribution < 1.29 is 35.7 Å². The topological polar surface area (TPSA) is 106 Å². The minimum absolute atomic E-state index is 0.285. The molecule has 1 amide bonds. The SMILES string of the molecule is CS(=O)(=O)c1ccc(C(=O)NCc2ccc(F)cc2C(F)(F)F)cc1[N+](=O)[O-]. The Morgan fingerprint density at radius 3 is 2.36 bits per heavy atom. The number of hydrogen-bond acceptors (Lipinski definition) is 5. The fourth-order valence-corrected chi connectivity index (χ4v) is 3.19. The Kier molecular flexibility index (Phi) is 5.73. The number of carbonyl (C=O) groups is 1. The second kappa shape index (κ2) is 7.54. The van der Waals surface area contributed by atoms with E-state index in [2.05, 4.69) is 5.32 Å². The number of nitro groups is 1. The Morgan fingerprint density at radius 2 is 1.82 bits per heavy atom. The van der Waals surface area contributed by atoms with Crippen molar-refractivity contribution in [2.24, 2.45) is 0 Å². The van der Waals surface area contributed by atoms with Crippen LogP contribution in [0.1, 0.15) is 21.5 Å². The Balaban J connectivity index is 2.30. The van der Waals surface area contributed by atoms with Crippen LogP contribution >= 0.6 is 0 Å². The smallest absolute Gasteiger partial charge is 0.348 e. The Bertz CT molecular complexity index is 1050. The first-order valence-electron chi connectivity index (χ1n) is 7.43. The maximum Gasteiger partial charge on any atom is 0.416 e. The fraction of sp³-hybridized carbons (Fsp3) is 0.188. The lowest BCUT2D eigenvalue weighted by atomic mass is 10.1. The summed E-state index contributed by atoms with van der Waals surface area (Å²) in [6.07, 6.45) is -4.10. The van der Waals surface area contributed by atoms with Crippen molar-refractivity contribution in [1.29, 1.82) is 0 Å². The number of sulfone groups is 1. The zero-order valence-corrected chi connectivity index (χ0v) is 14.9. The molecular formula is C16H12F4N2O5S. The molecule has 0 saturated carbocycles. The van der Waals surface area contributed by atoms with Crippen LogP contribution in [0.4, 0.5) is 23.2 Å². The highest BCUT2D eigenvalue weighted by molar-refractivity contribution is 7.90. The number of carbonyl (C=O) groups excluding carboxylic acids is 1. The number of halogens is 4. The van der Waals surface area contributed by atoms with E-state index in [1.165, 1.54) is 0 Å². The predicted octanol–water partition coefficient (Wildman–Crippen LogP) is 3.09. The Hall–Kier alpha value is -3.02. The van der Waals surface area contributed by atoms with Gasteiger partial charge in [0.1, 0.15) is 10.7 Å². The molecular weight excluding hydrogens is 408 g/mol. The monoisotopic (exact) mass is 420 g/mol. The molecule has 0 heterocycles. The molecule has 12 heteroatoms. The van der Waals surface area contributed by atoms with Gasteiger partial charge in [0.15, 0.2) is 9.84 Å². The van der Waals surface area contributed by atoms with Crippen LogP contribution < -0.4 is 5.32 Å². The molecule has 0 bridgehead atoms. The minimum Gasteiger partial charge on any atom is -0.348 e. The standard InChI is InChI=1S/C16H12F4N2O5S/c1-28(26,27)14-5-3-9(6-13(14)22(24)25)15(23)21-8-10-2-4-11(17)7-12(10)16(18,19)20/h2-7H,8H2,1H3,(H,21,23). The molecule has 0 fully saturated rings. The van der Waals surface area contributed by atoms with Gasteiger partial charge in [-0.3, -0.25) is 14.9 Å². The highest BCUT2D eigenvalue weighted by Crippen LogP contribution is 2.32. The van der Waals surface area contributed by atoms with Crippen LogP contribution in [-0.2, 0) is 22.6 Å². The van der Waals surface area contributed by atoms with Gasteiger partial charge in [-0.05, 0) is 29.8 Å². The Morgan fingerprint density at radius 1 is 1.18 bits per heavy atom. The molecule has 1 N–H and O–H groups in total. The average Bonchev–Trinajstić information content (AvgIpc) is 2.58. The number of amides is 1. The summed E-state index contributed by atoms with van der Waals surface area (Å²) in [4.78, 5) is 21.6. The first-order chi connectivity index (χ1) is 12.8. The number of benzene rings is 2. The zero-order valence-electron chi connectivity index (χ0n) is 14.1. The van der Waals surface area contributed by atoms with Gasteiger partial charge in [0.2, 0.25) is 0 Å². The van der Waals surface area contributed by atoms with Gasteiger partial charge in [0, 0.05) is 24.4 Å². The molecule has 0 aliphatic carbocycles. The second-order valence-electron chi connectivity index (χ2n) is 5.69. The summed E-state index contributed by atoms with van der Waals surface area (Å²) in [6, 6.07) is 4.50. The highest BCUT2D eigenvalue weighted by atomic mass is 32.2. The normalized spacial score (nSPS) is 11.9. The van der Waals surface area contributed by atoms with Crippen molar-refractivity contribution in [2.75, 3.05) is 6.26 Å². The molecule has 150 valence electrons. The van der Waals surface area contributed by atoms with Crippen molar-refractivity contribution in [3.8, 4) is 0 Å². The molecule has 0 atom stereocenters. The van der Waals surface area contributed by atoms with E-state index in [9.17, 15) is 40.9 Å². The lowest BCUT2D eigenvalue weighted by Crippen LogP contribution is -2.25. The third kappa shape index (κ3) is 4.82. The summed E-state index contributed by atoms with van der Waals surface area (Å²) in [5.74, 6) is -2.07. The van der Waals surface area contributed by atoms with Crippen LogP contribution in [0.15, 0.2) is 41.3 Å². The average molecular weight is 420 g/mol. The Labute approximate surface area is 156 Å².